The highest BCUT2D eigenvalue weighted by Gasteiger charge is 2.29. The number of nitrogens with one attached hydrogen (secondary N) is 1. The van der Waals surface area contributed by atoms with Crippen LogP contribution in [0.4, 0.5) is 5.00 Å². The fraction of sp³-hybridized carbons (Fsp3) is 0.476. The number of fused-ring (bicyclic) bond motifs is 1. The number of anilines is 1. The molecule has 11 heteroatoms. The van der Waals surface area contributed by atoms with Crippen LogP contribution in [-0.2, 0) is 28.9 Å². The van der Waals surface area contributed by atoms with Gasteiger partial charge in [-0.15, -0.1) is 21.5 Å². The van der Waals surface area contributed by atoms with Crippen molar-refractivity contribution in [1.82, 2.24) is 20.0 Å². The molecule has 1 amide bonds. The van der Waals surface area contributed by atoms with Gasteiger partial charge in [0, 0.05) is 11.1 Å². The number of aryl methyl sites for hydroxylation is 1. The van der Waals surface area contributed by atoms with Crippen molar-refractivity contribution in [3.63, 3.8) is 0 Å². The van der Waals surface area contributed by atoms with Crippen molar-refractivity contribution in [3.8, 4) is 0 Å². The molecular weight excluding hydrogens is 450 g/mol. The van der Waals surface area contributed by atoms with Gasteiger partial charge < -0.3 is 14.5 Å². The molecule has 0 radical (unpaired) electrons. The number of hydrogen-bond acceptors (Lipinski definition) is 9. The number of hydrogen-bond donors (Lipinski definition) is 1. The number of amides is 1. The first-order valence-electron chi connectivity index (χ1n) is 10.5. The lowest BCUT2D eigenvalue weighted by Gasteiger charge is -2.18. The summed E-state index contributed by atoms with van der Waals surface area (Å²) in [6, 6.07) is 1.89. The molecule has 0 aliphatic heterocycles. The largest absolute Gasteiger partial charge is 0.462 e. The number of ether oxygens (including phenoxy) is 1. The Balaban J connectivity index is 1.39. The third-order valence-corrected chi connectivity index (χ3v) is 7.08. The predicted octanol–water partition coefficient (Wildman–Crippen LogP) is 3.72. The molecule has 170 valence electrons. The fourth-order valence-electron chi connectivity index (χ4n) is 3.60. The molecule has 4 rings (SSSR count). The normalized spacial score (nSPS) is 15.4. The number of thiophene rings is 1. The van der Waals surface area contributed by atoms with Gasteiger partial charge in [-0.05, 0) is 50.7 Å². The van der Waals surface area contributed by atoms with E-state index in [9.17, 15) is 9.59 Å². The quantitative estimate of drug-likeness (QED) is 0.388. The molecule has 32 heavy (non-hydrogen) atoms. The molecule has 0 saturated heterocycles. The van der Waals surface area contributed by atoms with Crippen LogP contribution in [0.1, 0.15) is 52.7 Å². The maximum atomic E-state index is 12.6. The molecule has 0 spiro atoms. The molecule has 1 unspecified atom stereocenters. The van der Waals surface area contributed by atoms with Crippen LogP contribution in [0.5, 0.6) is 0 Å². The molecule has 1 aliphatic carbocycles. The molecule has 0 aromatic carbocycles. The molecule has 0 saturated carbocycles. The number of carbonyl (C=O) groups excluding carboxylic acids is 2. The van der Waals surface area contributed by atoms with Crippen molar-refractivity contribution in [2.75, 3.05) is 17.7 Å². The van der Waals surface area contributed by atoms with Gasteiger partial charge in [0.05, 0.1) is 23.6 Å². The van der Waals surface area contributed by atoms with E-state index in [-0.39, 0.29) is 17.6 Å². The van der Waals surface area contributed by atoms with Crippen LogP contribution >= 0.6 is 23.1 Å². The Labute approximate surface area is 193 Å². The highest BCUT2D eigenvalue weighted by Crippen LogP contribution is 2.40. The lowest BCUT2D eigenvalue weighted by atomic mass is 9.88. The Morgan fingerprint density at radius 3 is 3.00 bits per heavy atom. The van der Waals surface area contributed by atoms with E-state index < -0.39 is 0 Å². The Bertz CT molecular complexity index is 1120. The Morgan fingerprint density at radius 1 is 1.41 bits per heavy atom. The highest BCUT2D eigenvalue weighted by molar-refractivity contribution is 7.99. The molecular formula is C21H25N5O4S2. The van der Waals surface area contributed by atoms with E-state index in [1.54, 1.807) is 11.6 Å². The van der Waals surface area contributed by atoms with E-state index in [2.05, 4.69) is 27.5 Å². The topological polar surface area (TPSA) is 112 Å². The van der Waals surface area contributed by atoms with Crippen LogP contribution in [0.2, 0.25) is 0 Å². The van der Waals surface area contributed by atoms with E-state index in [0.717, 1.165) is 47.2 Å². The average Bonchev–Trinajstić information content (AvgIpc) is 3.45. The molecule has 3 aromatic rings. The summed E-state index contributed by atoms with van der Waals surface area (Å²) in [6.07, 6.45) is 4.60. The summed E-state index contributed by atoms with van der Waals surface area (Å²) in [5, 5.41) is 16.0. The minimum atomic E-state index is -0.377. The number of carbonyl (C=O) groups is 2. The number of aromatic nitrogens is 4. The smallest absolute Gasteiger partial charge is 0.341 e. The van der Waals surface area contributed by atoms with Crippen molar-refractivity contribution < 1.29 is 18.7 Å². The number of esters is 1. The van der Waals surface area contributed by atoms with Crippen LogP contribution in [-0.4, -0.2) is 44.2 Å². The van der Waals surface area contributed by atoms with E-state index >= 15 is 0 Å². The summed E-state index contributed by atoms with van der Waals surface area (Å²) < 4.78 is 12.6. The molecule has 1 atom stereocenters. The lowest BCUT2D eigenvalue weighted by molar-refractivity contribution is -0.113. The van der Waals surface area contributed by atoms with Gasteiger partial charge in [-0.3, -0.25) is 9.48 Å². The van der Waals surface area contributed by atoms with Crippen LogP contribution in [0.25, 0.3) is 0 Å². The maximum Gasteiger partial charge on any atom is 0.341 e. The third kappa shape index (κ3) is 5.21. The first-order valence-corrected chi connectivity index (χ1v) is 12.3. The van der Waals surface area contributed by atoms with E-state index in [0.29, 0.717) is 40.7 Å². The van der Waals surface area contributed by atoms with Crippen molar-refractivity contribution in [2.24, 2.45) is 5.92 Å². The standard InChI is InChI=1S/C21H25N5O4S2/c1-4-29-20(28)18-14-6-5-12(2)9-15(14)32-19(18)22-16(27)11-31-21-24-23-17(30-21)10-26-8-7-13(3)25-26/h7-8,12H,4-6,9-11H2,1-3H3,(H,22,27). The summed E-state index contributed by atoms with van der Waals surface area (Å²) >= 11 is 2.62. The Hall–Kier alpha value is -2.66. The molecule has 1 aliphatic rings. The number of nitrogens with zero attached hydrogens (tertiary/aromatic N) is 4. The molecule has 3 heterocycles. The third-order valence-electron chi connectivity index (χ3n) is 5.09. The lowest BCUT2D eigenvalue weighted by Crippen LogP contribution is -2.17. The van der Waals surface area contributed by atoms with E-state index in [4.69, 9.17) is 9.15 Å². The van der Waals surface area contributed by atoms with Gasteiger partial charge in [-0.1, -0.05) is 18.7 Å². The Kier molecular flexibility index (Phi) is 6.95. The minimum Gasteiger partial charge on any atom is -0.462 e. The zero-order chi connectivity index (χ0) is 22.7. The van der Waals surface area contributed by atoms with Gasteiger partial charge >= 0.3 is 5.97 Å². The SMILES string of the molecule is CCOC(=O)c1c(NC(=O)CSc2nnc(Cn3ccc(C)n3)o2)sc2c1CCC(C)C2. The van der Waals surface area contributed by atoms with Crippen LogP contribution in [0, 0.1) is 12.8 Å². The zero-order valence-corrected chi connectivity index (χ0v) is 19.8. The second kappa shape index (κ2) is 9.86. The van der Waals surface area contributed by atoms with Crippen molar-refractivity contribution in [1.29, 1.82) is 0 Å². The summed E-state index contributed by atoms with van der Waals surface area (Å²) in [4.78, 5) is 26.4. The maximum absolute atomic E-state index is 12.6. The van der Waals surface area contributed by atoms with Crippen molar-refractivity contribution in [2.45, 2.75) is 51.8 Å². The van der Waals surface area contributed by atoms with Crippen LogP contribution < -0.4 is 5.32 Å². The first kappa shape index (κ1) is 22.5. The summed E-state index contributed by atoms with van der Waals surface area (Å²) in [6.45, 7) is 6.55. The average molecular weight is 476 g/mol. The van der Waals surface area contributed by atoms with Gasteiger partial charge in [0.15, 0.2) is 0 Å². The molecule has 1 N–H and O–H groups in total. The van der Waals surface area contributed by atoms with Gasteiger partial charge in [-0.25, -0.2) is 4.79 Å². The van der Waals surface area contributed by atoms with E-state index in [1.165, 1.54) is 11.3 Å². The van der Waals surface area contributed by atoms with Crippen LogP contribution in [0.3, 0.4) is 0 Å². The predicted molar refractivity (Wildman–Crippen MR) is 121 cm³/mol. The van der Waals surface area contributed by atoms with E-state index in [1.807, 2.05) is 19.2 Å². The monoisotopic (exact) mass is 475 g/mol. The highest BCUT2D eigenvalue weighted by atomic mass is 32.2. The molecule has 9 nitrogen and oxygen atoms in total. The second-order valence-corrected chi connectivity index (χ2v) is 9.76. The van der Waals surface area contributed by atoms with Gasteiger partial charge in [0.1, 0.15) is 11.5 Å². The minimum absolute atomic E-state index is 0.0870. The molecule has 0 bridgehead atoms. The zero-order valence-electron chi connectivity index (χ0n) is 18.2. The molecule has 3 aromatic heterocycles. The second-order valence-electron chi connectivity index (χ2n) is 7.73. The van der Waals surface area contributed by atoms with Crippen LogP contribution in [0.15, 0.2) is 21.9 Å². The Morgan fingerprint density at radius 2 is 2.25 bits per heavy atom. The van der Waals surface area contributed by atoms with Gasteiger partial charge in [0.25, 0.3) is 5.22 Å². The van der Waals surface area contributed by atoms with Gasteiger partial charge in [-0.2, -0.15) is 5.10 Å². The fourth-order valence-corrected chi connectivity index (χ4v) is 5.59. The van der Waals surface area contributed by atoms with Crippen molar-refractivity contribution >= 4 is 40.0 Å². The van der Waals surface area contributed by atoms with Crippen molar-refractivity contribution in [3.05, 3.63) is 39.9 Å². The first-order chi connectivity index (χ1) is 15.4. The summed E-state index contributed by atoms with van der Waals surface area (Å²) in [7, 11) is 0. The number of thioether (sulfide) groups is 1. The summed E-state index contributed by atoms with van der Waals surface area (Å²) in [5.74, 6) is 0.449. The number of rotatable bonds is 8. The molecule has 0 fully saturated rings. The van der Waals surface area contributed by atoms with Gasteiger partial charge in [0.2, 0.25) is 11.8 Å². The summed E-state index contributed by atoms with van der Waals surface area (Å²) in [5.41, 5.74) is 2.43.